The number of amides is 1. The third-order valence-corrected chi connectivity index (χ3v) is 4.98. The highest BCUT2D eigenvalue weighted by Crippen LogP contribution is 2.24. The van der Waals surface area contributed by atoms with Crippen LogP contribution in [0.25, 0.3) is 11.0 Å². The second-order valence-electron chi connectivity index (χ2n) is 7.11. The van der Waals surface area contributed by atoms with Crippen molar-refractivity contribution in [3.8, 4) is 0 Å². The number of rotatable bonds is 7. The van der Waals surface area contributed by atoms with Crippen LogP contribution in [0.1, 0.15) is 35.9 Å². The van der Waals surface area contributed by atoms with Gasteiger partial charge < -0.3 is 9.73 Å². The van der Waals surface area contributed by atoms with E-state index >= 15 is 0 Å². The minimum Gasteiger partial charge on any atom is -0.459 e. The van der Waals surface area contributed by atoms with E-state index in [0.717, 1.165) is 27.9 Å². The number of carbonyl (C=O) groups is 1. The van der Waals surface area contributed by atoms with E-state index in [0.29, 0.717) is 0 Å². The van der Waals surface area contributed by atoms with Gasteiger partial charge in [0.2, 0.25) is 5.91 Å². The van der Waals surface area contributed by atoms with Gasteiger partial charge in [-0.15, -0.1) is 0 Å². The summed E-state index contributed by atoms with van der Waals surface area (Å²) in [6.45, 7) is 2.14. The van der Waals surface area contributed by atoms with E-state index in [1.165, 1.54) is 0 Å². The molecule has 0 aliphatic heterocycles. The summed E-state index contributed by atoms with van der Waals surface area (Å²) in [6.07, 6.45) is 0. The molecule has 1 heterocycles. The van der Waals surface area contributed by atoms with Gasteiger partial charge in [-0.3, -0.25) is 10.1 Å². The largest absolute Gasteiger partial charge is 0.459 e. The maximum atomic E-state index is 12.6. The molecule has 3 aromatic carbocycles. The van der Waals surface area contributed by atoms with Crippen molar-refractivity contribution in [2.45, 2.75) is 19.0 Å². The highest BCUT2D eigenvalue weighted by Gasteiger charge is 2.17. The molecule has 0 aliphatic rings. The molecule has 1 atom stereocenters. The average molecular weight is 384 g/mol. The van der Waals surface area contributed by atoms with Crippen LogP contribution in [0.15, 0.2) is 95.4 Å². The van der Waals surface area contributed by atoms with Crippen LogP contribution in [0.5, 0.6) is 0 Å². The van der Waals surface area contributed by atoms with Crippen molar-refractivity contribution in [1.82, 2.24) is 10.6 Å². The average Bonchev–Trinajstić information content (AvgIpc) is 3.20. The van der Waals surface area contributed by atoms with Gasteiger partial charge in [0.05, 0.1) is 18.6 Å². The summed E-state index contributed by atoms with van der Waals surface area (Å²) in [5, 5.41) is 7.45. The molecule has 0 unspecified atom stereocenters. The lowest BCUT2D eigenvalue weighted by atomic mass is 9.99. The Kier molecular flexibility index (Phi) is 5.73. The van der Waals surface area contributed by atoms with Gasteiger partial charge in [0, 0.05) is 5.39 Å². The SMILES string of the molecule is C[C@H](NC(=O)CNC(c1ccccc1)c1ccccc1)c1cc2ccccc2o1. The first-order valence-electron chi connectivity index (χ1n) is 9.82. The van der Waals surface area contributed by atoms with Crippen molar-refractivity contribution in [2.75, 3.05) is 6.54 Å². The minimum atomic E-state index is -0.205. The van der Waals surface area contributed by atoms with Gasteiger partial charge in [0.1, 0.15) is 11.3 Å². The van der Waals surface area contributed by atoms with Gasteiger partial charge in [-0.2, -0.15) is 0 Å². The summed E-state index contributed by atoms with van der Waals surface area (Å²) in [6, 6.07) is 29.9. The molecule has 0 saturated heterocycles. The van der Waals surface area contributed by atoms with Crippen LogP contribution >= 0.6 is 0 Å². The van der Waals surface area contributed by atoms with Gasteiger partial charge in [-0.05, 0) is 30.2 Å². The number of carbonyl (C=O) groups excluding carboxylic acids is 1. The molecule has 4 aromatic rings. The third kappa shape index (κ3) is 4.55. The van der Waals surface area contributed by atoms with E-state index in [4.69, 9.17) is 4.42 Å². The van der Waals surface area contributed by atoms with Crippen LogP contribution in [0.4, 0.5) is 0 Å². The molecule has 4 rings (SSSR count). The summed E-state index contributed by atoms with van der Waals surface area (Å²) < 4.78 is 5.86. The molecule has 4 nitrogen and oxygen atoms in total. The molecule has 146 valence electrons. The zero-order valence-electron chi connectivity index (χ0n) is 16.3. The maximum absolute atomic E-state index is 12.6. The Balaban J connectivity index is 1.42. The van der Waals surface area contributed by atoms with E-state index in [1.807, 2.05) is 73.7 Å². The lowest BCUT2D eigenvalue weighted by molar-refractivity contribution is -0.121. The first-order valence-corrected chi connectivity index (χ1v) is 9.82. The lowest BCUT2D eigenvalue weighted by Gasteiger charge is -2.20. The number of para-hydroxylation sites is 1. The Morgan fingerprint density at radius 2 is 1.45 bits per heavy atom. The molecule has 2 N–H and O–H groups in total. The minimum absolute atomic E-state index is 0.0512. The number of benzene rings is 3. The van der Waals surface area contributed by atoms with Crippen LogP contribution in [0.2, 0.25) is 0 Å². The van der Waals surface area contributed by atoms with Crippen LogP contribution in [0.3, 0.4) is 0 Å². The number of hydrogen-bond donors (Lipinski definition) is 2. The number of furan rings is 1. The number of fused-ring (bicyclic) bond motifs is 1. The summed E-state index contributed by atoms with van der Waals surface area (Å²) in [5.41, 5.74) is 3.07. The molecular formula is C25H24N2O2. The Morgan fingerprint density at radius 3 is 2.07 bits per heavy atom. The topological polar surface area (TPSA) is 54.3 Å². The van der Waals surface area contributed by atoms with Crippen LogP contribution in [-0.2, 0) is 4.79 Å². The molecule has 0 bridgehead atoms. The molecule has 0 spiro atoms. The Bertz CT molecular complexity index is 1000. The number of hydrogen-bond acceptors (Lipinski definition) is 3. The highest BCUT2D eigenvalue weighted by atomic mass is 16.3. The predicted molar refractivity (Wildman–Crippen MR) is 116 cm³/mol. The number of nitrogens with one attached hydrogen (secondary N) is 2. The first-order chi connectivity index (χ1) is 14.2. The third-order valence-electron chi connectivity index (χ3n) is 4.98. The molecular weight excluding hydrogens is 360 g/mol. The van der Waals surface area contributed by atoms with E-state index in [-0.39, 0.29) is 24.5 Å². The molecule has 0 fully saturated rings. The fourth-order valence-corrected chi connectivity index (χ4v) is 3.49. The normalized spacial score (nSPS) is 12.2. The van der Waals surface area contributed by atoms with E-state index in [1.54, 1.807) is 0 Å². The van der Waals surface area contributed by atoms with E-state index in [9.17, 15) is 4.79 Å². The van der Waals surface area contributed by atoms with Gasteiger partial charge in [0.25, 0.3) is 0 Å². The zero-order valence-corrected chi connectivity index (χ0v) is 16.3. The van der Waals surface area contributed by atoms with Crippen LogP contribution < -0.4 is 10.6 Å². The second-order valence-corrected chi connectivity index (χ2v) is 7.11. The maximum Gasteiger partial charge on any atom is 0.234 e. The van der Waals surface area contributed by atoms with Crippen molar-refractivity contribution in [2.24, 2.45) is 0 Å². The molecule has 0 radical (unpaired) electrons. The van der Waals surface area contributed by atoms with Gasteiger partial charge >= 0.3 is 0 Å². The molecule has 29 heavy (non-hydrogen) atoms. The van der Waals surface area contributed by atoms with E-state index < -0.39 is 0 Å². The fourth-order valence-electron chi connectivity index (χ4n) is 3.49. The highest BCUT2D eigenvalue weighted by molar-refractivity contribution is 5.80. The molecule has 0 aliphatic carbocycles. The quantitative estimate of drug-likeness (QED) is 0.472. The standard InChI is InChI=1S/C25H24N2O2/c1-18(23-16-21-14-8-9-15-22(21)29-23)27-24(28)17-26-25(19-10-4-2-5-11-19)20-12-6-3-7-13-20/h2-16,18,25-26H,17H2,1H3,(H,27,28)/t18-/m0/s1. The first kappa shape index (κ1) is 19.0. The van der Waals surface area contributed by atoms with Gasteiger partial charge in [-0.1, -0.05) is 78.9 Å². The monoisotopic (exact) mass is 384 g/mol. The van der Waals surface area contributed by atoms with Gasteiger partial charge in [0.15, 0.2) is 0 Å². The Labute approximate surface area is 170 Å². The van der Waals surface area contributed by atoms with Crippen molar-refractivity contribution in [3.05, 3.63) is 108 Å². The van der Waals surface area contributed by atoms with Gasteiger partial charge in [-0.25, -0.2) is 0 Å². The van der Waals surface area contributed by atoms with Crippen molar-refractivity contribution >= 4 is 16.9 Å². The van der Waals surface area contributed by atoms with Crippen molar-refractivity contribution in [3.63, 3.8) is 0 Å². The molecule has 1 aromatic heterocycles. The fraction of sp³-hybridized carbons (Fsp3) is 0.160. The smallest absolute Gasteiger partial charge is 0.234 e. The Morgan fingerprint density at radius 1 is 0.862 bits per heavy atom. The predicted octanol–water partition coefficient (Wildman–Crippen LogP) is 4.99. The lowest BCUT2D eigenvalue weighted by Crippen LogP contribution is -2.37. The van der Waals surface area contributed by atoms with Crippen LogP contribution in [-0.4, -0.2) is 12.5 Å². The second kappa shape index (κ2) is 8.76. The van der Waals surface area contributed by atoms with Crippen LogP contribution in [0, 0.1) is 0 Å². The summed E-state index contributed by atoms with van der Waals surface area (Å²) in [4.78, 5) is 12.6. The molecule has 1 amide bonds. The summed E-state index contributed by atoms with van der Waals surface area (Å²) >= 11 is 0. The summed E-state index contributed by atoms with van der Waals surface area (Å²) in [5.74, 6) is 0.678. The molecule has 0 saturated carbocycles. The van der Waals surface area contributed by atoms with Crippen molar-refractivity contribution in [1.29, 1.82) is 0 Å². The zero-order chi connectivity index (χ0) is 20.1. The summed E-state index contributed by atoms with van der Waals surface area (Å²) in [7, 11) is 0. The molecule has 4 heteroatoms. The van der Waals surface area contributed by atoms with Crippen molar-refractivity contribution < 1.29 is 9.21 Å². The van der Waals surface area contributed by atoms with E-state index in [2.05, 4.69) is 34.9 Å². The Hall–Kier alpha value is -3.37.